The summed E-state index contributed by atoms with van der Waals surface area (Å²) in [6, 6.07) is 18.2. The lowest BCUT2D eigenvalue weighted by molar-refractivity contribution is 0.838. The van der Waals surface area contributed by atoms with Crippen LogP contribution in [0.1, 0.15) is 52.7 Å². The molecule has 0 spiro atoms. The normalized spacial score (nSPS) is 14.3. The van der Waals surface area contributed by atoms with E-state index in [9.17, 15) is 0 Å². The second-order valence-corrected chi connectivity index (χ2v) is 14.7. The fraction of sp³-hybridized carbons (Fsp3) is 0.360. The van der Waals surface area contributed by atoms with E-state index >= 15 is 0 Å². The van der Waals surface area contributed by atoms with E-state index in [0.29, 0.717) is 0 Å². The van der Waals surface area contributed by atoms with Crippen LogP contribution in [0.2, 0.25) is 16.6 Å². The first kappa shape index (κ1) is 17.5. The van der Waals surface area contributed by atoms with Gasteiger partial charge in [0, 0.05) is 0 Å². The van der Waals surface area contributed by atoms with E-state index < -0.39 is 8.07 Å². The molecular formula is C25H30Si. The minimum Gasteiger partial charge on any atom is -0.0648 e. The highest BCUT2D eigenvalue weighted by atomic mass is 28.3. The van der Waals surface area contributed by atoms with Crippen LogP contribution < -0.4 is 0 Å². The van der Waals surface area contributed by atoms with Gasteiger partial charge in [0.2, 0.25) is 0 Å². The molecule has 0 saturated heterocycles. The van der Waals surface area contributed by atoms with Gasteiger partial charge in [-0.25, -0.2) is 0 Å². The van der Waals surface area contributed by atoms with E-state index in [1.165, 1.54) is 27.1 Å². The molecule has 0 aromatic heterocycles. The van der Waals surface area contributed by atoms with Gasteiger partial charge in [0.25, 0.3) is 0 Å². The summed E-state index contributed by atoms with van der Waals surface area (Å²) >= 11 is 0. The average molecular weight is 359 g/mol. The molecule has 0 radical (unpaired) electrons. The quantitative estimate of drug-likeness (QED) is 0.327. The Hall–Kier alpha value is -1.86. The fourth-order valence-electron chi connectivity index (χ4n) is 6.05. The molecule has 0 atom stereocenters. The van der Waals surface area contributed by atoms with E-state index in [0.717, 1.165) is 16.6 Å². The van der Waals surface area contributed by atoms with E-state index in [1.807, 2.05) is 0 Å². The molecule has 0 amide bonds. The minimum atomic E-state index is -1.72. The Balaban J connectivity index is 2.16. The lowest BCUT2D eigenvalue weighted by Crippen LogP contribution is -2.45. The van der Waals surface area contributed by atoms with Crippen molar-refractivity contribution < 1.29 is 0 Å². The Morgan fingerprint density at radius 1 is 0.692 bits per heavy atom. The maximum Gasteiger partial charge on any atom is 0.0951 e. The topological polar surface area (TPSA) is 0 Å². The Morgan fingerprint density at radius 2 is 1.31 bits per heavy atom. The molecule has 4 rings (SSSR count). The maximum absolute atomic E-state index is 2.57. The third-order valence-electron chi connectivity index (χ3n) is 6.82. The first-order valence-corrected chi connectivity index (χ1v) is 12.3. The predicted molar refractivity (Wildman–Crippen MR) is 120 cm³/mol. The molecule has 134 valence electrons. The lowest BCUT2D eigenvalue weighted by atomic mass is 9.97. The Bertz CT molecular complexity index is 999. The zero-order valence-electron chi connectivity index (χ0n) is 16.9. The summed E-state index contributed by atoms with van der Waals surface area (Å²) in [5.74, 6) is 0. The standard InChI is InChI=1S/C25H30Si/c1-16(2)26(17(3)4,18(5)6)23-15-21-12-9-11-20-14-19-10-7-8-13-22(19)25(23)24(20)21/h7-18H,1-6H3. The van der Waals surface area contributed by atoms with Gasteiger partial charge in [-0.05, 0) is 60.6 Å². The molecule has 0 fully saturated rings. The molecule has 0 aliphatic heterocycles. The van der Waals surface area contributed by atoms with Crippen molar-refractivity contribution in [2.75, 3.05) is 0 Å². The van der Waals surface area contributed by atoms with Crippen LogP contribution in [0.4, 0.5) is 0 Å². The van der Waals surface area contributed by atoms with Gasteiger partial charge in [-0.1, -0.05) is 90.1 Å². The van der Waals surface area contributed by atoms with Crippen LogP contribution in [0.3, 0.4) is 0 Å². The summed E-state index contributed by atoms with van der Waals surface area (Å²) in [5, 5.41) is 7.39. The Labute approximate surface area is 158 Å². The van der Waals surface area contributed by atoms with Crippen LogP contribution in [-0.4, -0.2) is 8.07 Å². The van der Waals surface area contributed by atoms with Crippen molar-refractivity contribution in [2.24, 2.45) is 0 Å². The summed E-state index contributed by atoms with van der Waals surface area (Å²) in [5.41, 5.74) is 5.14. The second kappa shape index (κ2) is 6.09. The predicted octanol–water partition coefficient (Wildman–Crippen LogP) is 8.07. The number of benzene rings is 3. The van der Waals surface area contributed by atoms with E-state index in [2.05, 4.69) is 96.1 Å². The van der Waals surface area contributed by atoms with Crippen molar-refractivity contribution in [3.05, 3.63) is 59.7 Å². The zero-order valence-corrected chi connectivity index (χ0v) is 17.9. The highest BCUT2D eigenvalue weighted by Gasteiger charge is 2.48. The van der Waals surface area contributed by atoms with E-state index in [-0.39, 0.29) is 0 Å². The largest absolute Gasteiger partial charge is 0.0951 e. The molecule has 1 heteroatoms. The monoisotopic (exact) mass is 358 g/mol. The minimum absolute atomic E-state index is 0.720. The number of hydrogen-bond acceptors (Lipinski definition) is 0. The molecule has 3 aromatic rings. The summed E-state index contributed by atoms with van der Waals surface area (Å²) in [4.78, 5) is 0. The highest BCUT2D eigenvalue weighted by molar-refractivity contribution is 7.01. The molecule has 0 bridgehead atoms. The van der Waals surface area contributed by atoms with Crippen molar-refractivity contribution in [1.29, 1.82) is 0 Å². The third kappa shape index (κ3) is 2.19. The molecule has 3 aromatic carbocycles. The van der Waals surface area contributed by atoms with Crippen molar-refractivity contribution in [3.8, 4) is 0 Å². The van der Waals surface area contributed by atoms with Gasteiger partial charge in [0.15, 0.2) is 0 Å². The van der Waals surface area contributed by atoms with Gasteiger partial charge in [-0.3, -0.25) is 0 Å². The molecule has 0 nitrogen and oxygen atoms in total. The maximum atomic E-state index is 2.57. The smallest absolute Gasteiger partial charge is 0.0648 e. The van der Waals surface area contributed by atoms with Crippen molar-refractivity contribution >= 4 is 40.9 Å². The molecule has 26 heavy (non-hydrogen) atoms. The summed E-state index contributed by atoms with van der Waals surface area (Å²) in [6.07, 6.45) is 2.57. The second-order valence-electron chi connectivity index (χ2n) is 8.87. The van der Waals surface area contributed by atoms with Crippen LogP contribution in [0.25, 0.3) is 32.8 Å². The van der Waals surface area contributed by atoms with Crippen molar-refractivity contribution in [2.45, 2.75) is 58.2 Å². The van der Waals surface area contributed by atoms with E-state index in [4.69, 9.17) is 0 Å². The fourth-order valence-corrected chi connectivity index (χ4v) is 13.0. The SMILES string of the molecule is CC(C)[Si](C1=Cc2cccc3cc4ccccc4c1c23)(C(C)C)C(C)C. The Morgan fingerprint density at radius 3 is 1.96 bits per heavy atom. The van der Waals surface area contributed by atoms with E-state index in [1.54, 1.807) is 10.8 Å². The van der Waals surface area contributed by atoms with Crippen LogP contribution >= 0.6 is 0 Å². The number of rotatable bonds is 4. The van der Waals surface area contributed by atoms with Crippen molar-refractivity contribution in [3.63, 3.8) is 0 Å². The van der Waals surface area contributed by atoms with Crippen molar-refractivity contribution in [1.82, 2.24) is 0 Å². The highest BCUT2D eigenvalue weighted by Crippen LogP contribution is 2.55. The zero-order chi connectivity index (χ0) is 18.6. The van der Waals surface area contributed by atoms with Gasteiger partial charge in [-0.2, -0.15) is 0 Å². The van der Waals surface area contributed by atoms with Gasteiger partial charge in [0.1, 0.15) is 0 Å². The molecular weight excluding hydrogens is 328 g/mol. The van der Waals surface area contributed by atoms with Gasteiger partial charge in [-0.15, -0.1) is 0 Å². The van der Waals surface area contributed by atoms with Gasteiger partial charge < -0.3 is 0 Å². The first-order chi connectivity index (χ1) is 12.4. The van der Waals surface area contributed by atoms with Crippen LogP contribution in [-0.2, 0) is 0 Å². The molecule has 1 aliphatic rings. The molecule has 0 N–H and O–H groups in total. The van der Waals surface area contributed by atoms with Crippen LogP contribution in [0.15, 0.2) is 48.5 Å². The van der Waals surface area contributed by atoms with Gasteiger partial charge in [0.05, 0.1) is 8.07 Å². The average Bonchev–Trinajstić information content (AvgIpc) is 2.96. The lowest BCUT2D eigenvalue weighted by Gasteiger charge is -2.45. The first-order valence-electron chi connectivity index (χ1n) is 10.1. The summed E-state index contributed by atoms with van der Waals surface area (Å²) < 4.78 is 0. The summed E-state index contributed by atoms with van der Waals surface area (Å²) in [7, 11) is -1.72. The summed E-state index contributed by atoms with van der Waals surface area (Å²) in [6.45, 7) is 14.8. The molecule has 0 saturated carbocycles. The molecule has 0 unspecified atom stereocenters. The molecule has 0 heterocycles. The van der Waals surface area contributed by atoms with Crippen LogP contribution in [0, 0.1) is 0 Å². The van der Waals surface area contributed by atoms with Crippen LogP contribution in [0.5, 0.6) is 0 Å². The van der Waals surface area contributed by atoms with Gasteiger partial charge >= 0.3 is 0 Å². The number of fused-ring (bicyclic) bond motifs is 2. The Kier molecular flexibility index (Phi) is 4.11. The number of hydrogen-bond donors (Lipinski definition) is 0. The third-order valence-corrected chi connectivity index (χ3v) is 13.9. The molecule has 1 aliphatic carbocycles.